The van der Waals surface area contributed by atoms with Crippen molar-refractivity contribution in [2.45, 2.75) is 65.0 Å². The number of thiazole rings is 1. The number of anilines is 2. The van der Waals surface area contributed by atoms with Crippen molar-refractivity contribution < 1.29 is 5.11 Å². The largest absolute Gasteiger partial charge is 0.390 e. The molecule has 1 aliphatic heterocycles. The summed E-state index contributed by atoms with van der Waals surface area (Å²) in [6.07, 6.45) is 12.2. The highest BCUT2D eigenvalue weighted by atomic mass is 32.1. The smallest absolute Gasteiger partial charge is 0.188 e. The second kappa shape index (κ2) is 10.7. The van der Waals surface area contributed by atoms with Crippen LogP contribution in [0.2, 0.25) is 0 Å². The first kappa shape index (κ1) is 24.3. The molecule has 0 saturated carbocycles. The first-order valence-corrected chi connectivity index (χ1v) is 14.2. The molecule has 9 nitrogen and oxygen atoms in total. The Morgan fingerprint density at radius 3 is 2.68 bits per heavy atom. The summed E-state index contributed by atoms with van der Waals surface area (Å²) in [5.74, 6) is 1.10. The number of piperidine rings is 1. The lowest BCUT2D eigenvalue weighted by atomic mass is 9.97. The Morgan fingerprint density at radius 1 is 1.00 bits per heavy atom. The zero-order chi connectivity index (χ0) is 25.2. The Morgan fingerprint density at radius 2 is 1.86 bits per heavy atom. The monoisotopic (exact) mass is 518 g/mol. The number of pyridine rings is 1. The molecule has 4 aromatic heterocycles. The van der Waals surface area contributed by atoms with E-state index in [1.807, 2.05) is 35.2 Å². The van der Waals surface area contributed by atoms with Crippen molar-refractivity contribution in [2.75, 3.05) is 25.0 Å². The highest BCUT2D eigenvalue weighted by Gasteiger charge is 2.22. The summed E-state index contributed by atoms with van der Waals surface area (Å²) < 4.78 is 4.07. The Bertz CT molecular complexity index is 1370. The van der Waals surface area contributed by atoms with E-state index >= 15 is 0 Å². The van der Waals surface area contributed by atoms with Gasteiger partial charge in [-0.05, 0) is 70.7 Å². The number of aryl methyl sites for hydroxylation is 2. The fraction of sp³-hybridized carbons (Fsp3) is 0.481. The number of hydrogen-bond acceptors (Lipinski definition) is 8. The second-order valence-corrected chi connectivity index (χ2v) is 10.9. The molecule has 5 heterocycles. The van der Waals surface area contributed by atoms with Crippen molar-refractivity contribution in [3.05, 3.63) is 52.7 Å². The van der Waals surface area contributed by atoms with E-state index in [0.29, 0.717) is 5.69 Å². The van der Waals surface area contributed by atoms with Crippen LogP contribution in [0.5, 0.6) is 0 Å². The molecular formula is C27H34N8OS. The van der Waals surface area contributed by atoms with Gasteiger partial charge in [0, 0.05) is 23.7 Å². The predicted octanol–water partition coefficient (Wildman–Crippen LogP) is 4.50. The van der Waals surface area contributed by atoms with Gasteiger partial charge in [0.25, 0.3) is 0 Å². The van der Waals surface area contributed by atoms with Crippen molar-refractivity contribution in [1.29, 1.82) is 0 Å². The van der Waals surface area contributed by atoms with Gasteiger partial charge in [-0.3, -0.25) is 0 Å². The van der Waals surface area contributed by atoms with Crippen molar-refractivity contribution >= 4 is 22.3 Å². The van der Waals surface area contributed by atoms with Gasteiger partial charge in [-0.1, -0.05) is 6.42 Å². The fourth-order valence-corrected chi connectivity index (χ4v) is 6.12. The third-order valence-corrected chi connectivity index (χ3v) is 8.14. The van der Waals surface area contributed by atoms with Crippen LogP contribution in [0.1, 0.15) is 54.7 Å². The average Bonchev–Trinajstić information content (AvgIpc) is 3.67. The van der Waals surface area contributed by atoms with Crippen LogP contribution in [0.4, 0.5) is 10.9 Å². The highest BCUT2D eigenvalue weighted by molar-refractivity contribution is 7.14. The number of aliphatic hydroxyl groups is 1. The molecule has 2 aliphatic rings. The minimum Gasteiger partial charge on any atom is -0.390 e. The molecule has 4 aromatic rings. The summed E-state index contributed by atoms with van der Waals surface area (Å²) >= 11 is 1.57. The van der Waals surface area contributed by atoms with E-state index in [4.69, 9.17) is 15.1 Å². The van der Waals surface area contributed by atoms with Crippen molar-refractivity contribution in [1.82, 2.24) is 34.2 Å². The van der Waals surface area contributed by atoms with E-state index in [-0.39, 0.29) is 6.61 Å². The van der Waals surface area contributed by atoms with Crippen LogP contribution < -0.4 is 5.32 Å². The van der Waals surface area contributed by atoms with Gasteiger partial charge in [0.2, 0.25) is 0 Å². The number of imidazole rings is 1. The zero-order valence-corrected chi connectivity index (χ0v) is 22.2. The quantitative estimate of drug-likeness (QED) is 0.355. The van der Waals surface area contributed by atoms with Crippen LogP contribution in [0.15, 0.2) is 30.0 Å². The molecule has 0 radical (unpaired) electrons. The number of hydrogen-bond donors (Lipinski definition) is 2. The lowest BCUT2D eigenvalue weighted by Gasteiger charge is -2.26. The van der Waals surface area contributed by atoms with Gasteiger partial charge < -0.3 is 19.9 Å². The Balaban J connectivity index is 1.23. The number of rotatable bonds is 8. The van der Waals surface area contributed by atoms with E-state index in [2.05, 4.69) is 19.9 Å². The van der Waals surface area contributed by atoms with Gasteiger partial charge in [-0.15, -0.1) is 11.3 Å². The fourth-order valence-electron chi connectivity index (χ4n) is 5.42. The Kier molecular flexibility index (Phi) is 7.04. The van der Waals surface area contributed by atoms with Crippen LogP contribution in [-0.2, 0) is 26.0 Å². The van der Waals surface area contributed by atoms with Crippen LogP contribution in [-0.4, -0.2) is 58.9 Å². The molecule has 0 bridgehead atoms. The third-order valence-electron chi connectivity index (χ3n) is 7.38. The number of fused-ring (bicyclic) bond motifs is 1. The predicted molar refractivity (Wildman–Crippen MR) is 146 cm³/mol. The molecule has 6 rings (SSSR count). The molecule has 0 amide bonds. The van der Waals surface area contributed by atoms with Crippen molar-refractivity contribution in [3.63, 3.8) is 0 Å². The maximum atomic E-state index is 9.98. The average molecular weight is 519 g/mol. The Labute approximate surface area is 221 Å². The molecule has 1 saturated heterocycles. The molecule has 0 aromatic carbocycles. The molecule has 0 spiro atoms. The minimum absolute atomic E-state index is 0.155. The third kappa shape index (κ3) is 5.18. The maximum Gasteiger partial charge on any atom is 0.188 e. The number of nitrogens with zero attached hydrogens (tertiary/aromatic N) is 7. The topological polar surface area (TPSA) is 96.9 Å². The van der Waals surface area contributed by atoms with Crippen LogP contribution in [0.3, 0.4) is 0 Å². The van der Waals surface area contributed by atoms with E-state index in [0.717, 1.165) is 59.6 Å². The molecule has 194 valence electrons. The number of nitrogens with one attached hydrogen (secondary N) is 1. The Hall–Kier alpha value is -3.08. The molecule has 1 fully saturated rings. The van der Waals surface area contributed by atoms with E-state index in [1.165, 1.54) is 56.5 Å². The molecule has 1 aliphatic carbocycles. The SMILES string of the molecule is Cc1cn(-c2ccc(-c3csc(Nc4c5c(nn4CCN4CCCCC4)CCCC5)n3)nc2CO)cn1. The molecule has 37 heavy (non-hydrogen) atoms. The summed E-state index contributed by atoms with van der Waals surface area (Å²) in [4.78, 5) is 16.4. The molecular weight excluding hydrogens is 484 g/mol. The van der Waals surface area contributed by atoms with E-state index in [1.54, 1.807) is 17.7 Å². The van der Waals surface area contributed by atoms with E-state index < -0.39 is 0 Å². The second-order valence-electron chi connectivity index (χ2n) is 10.0. The standard InChI is InChI=1S/C27H34N8OS/c1-19-15-34(18-28-19)25-10-9-22(29-23(25)16-36)24-17-37-27(30-24)31-26-20-7-3-4-8-21(20)32-35(26)14-13-33-11-5-2-6-12-33/h9-10,15,17-18,36H,2-8,11-14,16H2,1H3,(H,30,31). The van der Waals surface area contributed by atoms with Gasteiger partial charge in [0.15, 0.2) is 5.13 Å². The summed E-state index contributed by atoms with van der Waals surface area (Å²) in [6, 6.07) is 3.92. The van der Waals surface area contributed by atoms with Gasteiger partial charge in [-0.2, -0.15) is 5.10 Å². The van der Waals surface area contributed by atoms with Gasteiger partial charge in [-0.25, -0.2) is 19.6 Å². The lowest BCUT2D eigenvalue weighted by Crippen LogP contribution is -2.32. The summed E-state index contributed by atoms with van der Waals surface area (Å²) in [7, 11) is 0. The molecule has 2 N–H and O–H groups in total. The van der Waals surface area contributed by atoms with Crippen LogP contribution >= 0.6 is 11.3 Å². The van der Waals surface area contributed by atoms with Crippen LogP contribution in [0, 0.1) is 6.92 Å². The summed E-state index contributed by atoms with van der Waals surface area (Å²) in [6.45, 7) is 6.11. The normalized spacial score (nSPS) is 16.2. The van der Waals surface area contributed by atoms with Crippen molar-refractivity contribution in [2.24, 2.45) is 0 Å². The number of aliphatic hydroxyl groups excluding tert-OH is 1. The van der Waals surface area contributed by atoms with Gasteiger partial charge in [0.1, 0.15) is 11.5 Å². The van der Waals surface area contributed by atoms with Crippen LogP contribution in [0.25, 0.3) is 17.1 Å². The van der Waals surface area contributed by atoms with E-state index in [9.17, 15) is 5.11 Å². The van der Waals surface area contributed by atoms with Crippen molar-refractivity contribution in [3.8, 4) is 17.1 Å². The molecule has 10 heteroatoms. The summed E-state index contributed by atoms with van der Waals surface area (Å²) in [5.41, 5.74) is 6.47. The van der Waals surface area contributed by atoms with Gasteiger partial charge >= 0.3 is 0 Å². The lowest BCUT2D eigenvalue weighted by molar-refractivity contribution is 0.218. The highest BCUT2D eigenvalue weighted by Crippen LogP contribution is 2.33. The minimum atomic E-state index is -0.155. The first-order valence-electron chi connectivity index (χ1n) is 13.3. The number of aromatic nitrogens is 6. The molecule has 0 atom stereocenters. The maximum absolute atomic E-state index is 9.98. The first-order chi connectivity index (χ1) is 18.2. The summed E-state index contributed by atoms with van der Waals surface area (Å²) in [5, 5.41) is 21.5. The number of likely N-dealkylation sites (tertiary alicyclic amines) is 1. The van der Waals surface area contributed by atoms with Gasteiger partial charge in [0.05, 0.1) is 47.9 Å². The molecule has 0 unspecified atom stereocenters. The zero-order valence-electron chi connectivity index (χ0n) is 21.4.